The van der Waals surface area contributed by atoms with Crippen molar-refractivity contribution in [1.29, 1.82) is 0 Å². The Hall–Kier alpha value is -0.870. The lowest BCUT2D eigenvalue weighted by Gasteiger charge is -2.28. The Morgan fingerprint density at radius 3 is 3.00 bits per heavy atom. The minimum Gasteiger partial charge on any atom is -0.307 e. The monoisotopic (exact) mass is 290 g/mol. The predicted octanol–water partition coefficient (Wildman–Crippen LogP) is 2.65. The average Bonchev–Trinajstić information content (AvgIpc) is 2.73. The van der Waals surface area contributed by atoms with Crippen molar-refractivity contribution in [3.63, 3.8) is 0 Å². The van der Waals surface area contributed by atoms with E-state index in [9.17, 15) is 0 Å². The average molecular weight is 290 g/mol. The lowest BCUT2D eigenvalue weighted by atomic mass is 9.92. The van der Waals surface area contributed by atoms with Gasteiger partial charge in [0.2, 0.25) is 0 Å². The van der Waals surface area contributed by atoms with Gasteiger partial charge < -0.3 is 10.2 Å². The van der Waals surface area contributed by atoms with E-state index in [0.717, 1.165) is 0 Å². The predicted molar refractivity (Wildman–Crippen MR) is 86.4 cm³/mol. The molecule has 0 bridgehead atoms. The zero-order chi connectivity index (χ0) is 14.7. The molecule has 0 spiro atoms. The molecule has 2 aliphatic rings. The summed E-state index contributed by atoms with van der Waals surface area (Å²) in [6.45, 7) is 6.10. The van der Waals surface area contributed by atoms with Crippen molar-refractivity contribution in [2.45, 2.75) is 64.0 Å². The molecule has 2 atom stereocenters. The fraction of sp³-hybridized carbons (Fsp3) is 0.824. The highest BCUT2D eigenvalue weighted by atomic mass is 15.3. The molecular formula is C17H30N4. The van der Waals surface area contributed by atoms with E-state index >= 15 is 0 Å². The third kappa shape index (κ3) is 3.49. The van der Waals surface area contributed by atoms with Gasteiger partial charge in [-0.05, 0) is 64.6 Å². The van der Waals surface area contributed by atoms with Crippen LogP contribution in [0.4, 0.5) is 0 Å². The third-order valence-corrected chi connectivity index (χ3v) is 5.17. The van der Waals surface area contributed by atoms with Gasteiger partial charge in [-0.25, -0.2) is 0 Å². The number of aromatic nitrogens is 2. The lowest BCUT2D eigenvalue weighted by molar-refractivity contribution is 0.280. The zero-order valence-corrected chi connectivity index (χ0v) is 13.6. The number of likely N-dealkylation sites (tertiary alicyclic amines) is 1. The van der Waals surface area contributed by atoms with Crippen molar-refractivity contribution in [3.8, 4) is 0 Å². The van der Waals surface area contributed by atoms with Crippen LogP contribution in [-0.2, 0) is 13.5 Å². The van der Waals surface area contributed by atoms with Gasteiger partial charge in [0, 0.05) is 30.4 Å². The molecule has 1 aliphatic carbocycles. The summed E-state index contributed by atoms with van der Waals surface area (Å²) in [4.78, 5) is 2.64. The van der Waals surface area contributed by atoms with E-state index in [0.29, 0.717) is 12.1 Å². The van der Waals surface area contributed by atoms with E-state index < -0.39 is 0 Å². The first kappa shape index (κ1) is 15.0. The molecule has 118 valence electrons. The van der Waals surface area contributed by atoms with E-state index in [2.05, 4.69) is 40.2 Å². The number of aryl methyl sites for hydroxylation is 1. The summed E-state index contributed by atoms with van der Waals surface area (Å²) in [5, 5.41) is 8.41. The van der Waals surface area contributed by atoms with Gasteiger partial charge in [-0.1, -0.05) is 6.92 Å². The third-order valence-electron chi connectivity index (χ3n) is 5.17. The summed E-state index contributed by atoms with van der Waals surface area (Å²) in [6.07, 6.45) is 11.1. The standard InChI is InChI=1S/C17H30N4/c1-3-10-21-11-5-6-14(9-12-21)19-16-7-4-8-17-15(16)13-18-20(17)2/h13-14,16,19H,3-12H2,1-2H3. The smallest absolute Gasteiger partial charge is 0.0540 e. The van der Waals surface area contributed by atoms with E-state index in [1.165, 1.54) is 75.8 Å². The number of fused-ring (bicyclic) bond motifs is 1. The van der Waals surface area contributed by atoms with Crippen LogP contribution in [0.5, 0.6) is 0 Å². The molecule has 21 heavy (non-hydrogen) atoms. The summed E-state index contributed by atoms with van der Waals surface area (Å²) in [6, 6.07) is 1.22. The lowest BCUT2D eigenvalue weighted by Crippen LogP contribution is -2.35. The summed E-state index contributed by atoms with van der Waals surface area (Å²) >= 11 is 0. The van der Waals surface area contributed by atoms with Crippen LogP contribution in [0.2, 0.25) is 0 Å². The van der Waals surface area contributed by atoms with Gasteiger partial charge in [-0.2, -0.15) is 5.10 Å². The van der Waals surface area contributed by atoms with Crippen molar-refractivity contribution < 1.29 is 0 Å². The second-order valence-electron chi connectivity index (χ2n) is 6.75. The summed E-state index contributed by atoms with van der Waals surface area (Å²) in [5.74, 6) is 0. The number of hydrogen-bond donors (Lipinski definition) is 1. The Morgan fingerprint density at radius 1 is 1.24 bits per heavy atom. The second-order valence-corrected chi connectivity index (χ2v) is 6.75. The summed E-state index contributed by atoms with van der Waals surface area (Å²) < 4.78 is 2.07. The molecule has 0 amide bonds. The van der Waals surface area contributed by atoms with Crippen molar-refractivity contribution >= 4 is 0 Å². The van der Waals surface area contributed by atoms with E-state index in [4.69, 9.17) is 0 Å². The van der Waals surface area contributed by atoms with Crippen LogP contribution in [-0.4, -0.2) is 40.4 Å². The largest absolute Gasteiger partial charge is 0.307 e. The van der Waals surface area contributed by atoms with Gasteiger partial charge in [-0.15, -0.1) is 0 Å². The van der Waals surface area contributed by atoms with Crippen LogP contribution in [0.25, 0.3) is 0 Å². The molecule has 2 heterocycles. The molecule has 1 aromatic rings. The molecule has 0 aromatic carbocycles. The SMILES string of the molecule is CCCN1CCCC(NC2CCCc3c2cnn3C)CC1. The summed E-state index contributed by atoms with van der Waals surface area (Å²) in [5.41, 5.74) is 2.90. The van der Waals surface area contributed by atoms with E-state index in [1.54, 1.807) is 0 Å². The van der Waals surface area contributed by atoms with Crippen LogP contribution in [0, 0.1) is 0 Å². The molecule has 3 rings (SSSR count). The zero-order valence-electron chi connectivity index (χ0n) is 13.6. The number of nitrogens with one attached hydrogen (secondary N) is 1. The maximum absolute atomic E-state index is 4.46. The Kier molecular flexibility index (Phi) is 4.96. The molecule has 2 unspecified atom stereocenters. The second kappa shape index (κ2) is 6.93. The van der Waals surface area contributed by atoms with Gasteiger partial charge in [0.05, 0.1) is 6.20 Å². The quantitative estimate of drug-likeness (QED) is 0.925. The van der Waals surface area contributed by atoms with Crippen LogP contribution in [0.15, 0.2) is 6.20 Å². The first-order valence-electron chi connectivity index (χ1n) is 8.77. The minimum atomic E-state index is 0.533. The molecule has 1 fully saturated rings. The minimum absolute atomic E-state index is 0.533. The van der Waals surface area contributed by atoms with Crippen LogP contribution >= 0.6 is 0 Å². The van der Waals surface area contributed by atoms with Gasteiger partial charge in [0.1, 0.15) is 0 Å². The number of hydrogen-bond acceptors (Lipinski definition) is 3. The van der Waals surface area contributed by atoms with Crippen LogP contribution < -0.4 is 5.32 Å². The van der Waals surface area contributed by atoms with Crippen molar-refractivity contribution in [2.24, 2.45) is 7.05 Å². The maximum atomic E-state index is 4.46. The van der Waals surface area contributed by atoms with Crippen molar-refractivity contribution in [1.82, 2.24) is 20.0 Å². The first-order valence-corrected chi connectivity index (χ1v) is 8.77. The molecular weight excluding hydrogens is 260 g/mol. The molecule has 4 heteroatoms. The molecule has 0 radical (unpaired) electrons. The van der Waals surface area contributed by atoms with Crippen molar-refractivity contribution in [3.05, 3.63) is 17.5 Å². The topological polar surface area (TPSA) is 33.1 Å². The van der Waals surface area contributed by atoms with E-state index in [1.807, 2.05) is 0 Å². The summed E-state index contributed by atoms with van der Waals surface area (Å²) in [7, 11) is 2.08. The Balaban J connectivity index is 1.60. The fourth-order valence-electron chi connectivity index (χ4n) is 4.03. The highest BCUT2D eigenvalue weighted by Gasteiger charge is 2.26. The molecule has 1 aliphatic heterocycles. The Labute approximate surface area is 128 Å². The highest BCUT2D eigenvalue weighted by molar-refractivity contribution is 5.24. The molecule has 4 nitrogen and oxygen atoms in total. The molecule has 1 N–H and O–H groups in total. The molecule has 0 saturated carbocycles. The highest BCUT2D eigenvalue weighted by Crippen LogP contribution is 2.30. The van der Waals surface area contributed by atoms with Gasteiger partial charge in [0.15, 0.2) is 0 Å². The van der Waals surface area contributed by atoms with Gasteiger partial charge in [-0.3, -0.25) is 4.68 Å². The van der Waals surface area contributed by atoms with Crippen LogP contribution in [0.1, 0.15) is 62.7 Å². The Morgan fingerprint density at radius 2 is 2.14 bits per heavy atom. The fourth-order valence-corrected chi connectivity index (χ4v) is 4.03. The molecule has 1 aromatic heterocycles. The van der Waals surface area contributed by atoms with Gasteiger partial charge >= 0.3 is 0 Å². The maximum Gasteiger partial charge on any atom is 0.0540 e. The number of rotatable bonds is 4. The first-order chi connectivity index (χ1) is 10.3. The van der Waals surface area contributed by atoms with E-state index in [-0.39, 0.29) is 0 Å². The Bertz CT molecular complexity index is 454. The van der Waals surface area contributed by atoms with Crippen LogP contribution in [0.3, 0.4) is 0 Å². The van der Waals surface area contributed by atoms with Crippen molar-refractivity contribution in [2.75, 3.05) is 19.6 Å². The van der Waals surface area contributed by atoms with Gasteiger partial charge in [0.25, 0.3) is 0 Å². The normalized spacial score (nSPS) is 27.3. The number of nitrogens with zero attached hydrogens (tertiary/aromatic N) is 3. The molecule has 1 saturated heterocycles.